The summed E-state index contributed by atoms with van der Waals surface area (Å²) in [6, 6.07) is 11.6. The molecule has 0 aliphatic rings. The van der Waals surface area contributed by atoms with Crippen molar-refractivity contribution in [3.63, 3.8) is 0 Å². The molecule has 1 heterocycles. The van der Waals surface area contributed by atoms with Crippen LogP contribution in [0.4, 0.5) is 8.78 Å². The zero-order valence-electron chi connectivity index (χ0n) is 13.1. The molecule has 0 radical (unpaired) electrons. The third kappa shape index (κ3) is 3.33. The Kier molecular flexibility index (Phi) is 4.44. The maximum atomic E-state index is 13.2. The van der Waals surface area contributed by atoms with Crippen molar-refractivity contribution in [1.29, 1.82) is 5.26 Å². The van der Waals surface area contributed by atoms with Crippen LogP contribution in [0.3, 0.4) is 0 Å². The fraction of sp³-hybridized carbons (Fsp3) is 0.167. The van der Waals surface area contributed by atoms with Crippen LogP contribution in [-0.4, -0.2) is 16.9 Å². The van der Waals surface area contributed by atoms with E-state index in [1.807, 2.05) is 6.07 Å². The van der Waals surface area contributed by atoms with Crippen LogP contribution in [0.15, 0.2) is 46.9 Å². The molecule has 0 saturated heterocycles. The van der Waals surface area contributed by atoms with Crippen LogP contribution in [0.2, 0.25) is 0 Å². The highest BCUT2D eigenvalue weighted by Gasteiger charge is 2.31. The maximum absolute atomic E-state index is 13.2. The SMILES string of the molecule is C[C@@H](Oc1ccc(F)c(F)c1)C(=O)[C@@H](C#N)c1nc2ccccc2o1. The van der Waals surface area contributed by atoms with Gasteiger partial charge in [-0.1, -0.05) is 12.1 Å². The van der Waals surface area contributed by atoms with E-state index < -0.39 is 29.4 Å². The monoisotopic (exact) mass is 342 g/mol. The molecular weight excluding hydrogens is 330 g/mol. The predicted octanol–water partition coefficient (Wildman–Crippen LogP) is 3.75. The minimum absolute atomic E-state index is 0.0194. The molecular formula is C18H12F2N2O3. The molecule has 126 valence electrons. The zero-order chi connectivity index (χ0) is 18.0. The van der Waals surface area contributed by atoms with Gasteiger partial charge in [0.15, 0.2) is 35.0 Å². The molecule has 0 unspecified atom stereocenters. The molecule has 0 aliphatic carbocycles. The Morgan fingerprint density at radius 3 is 2.68 bits per heavy atom. The number of benzene rings is 2. The standard InChI is InChI=1S/C18H12F2N2O3/c1-10(24-11-6-7-13(19)14(20)8-11)17(23)12(9-21)18-22-15-4-2-3-5-16(15)25-18/h2-8,10,12H,1H3/t10-,12-/m1/s1. The molecule has 2 aromatic carbocycles. The van der Waals surface area contributed by atoms with Gasteiger partial charge >= 0.3 is 0 Å². The molecule has 0 spiro atoms. The predicted molar refractivity (Wildman–Crippen MR) is 83.8 cm³/mol. The van der Waals surface area contributed by atoms with Gasteiger partial charge in [0, 0.05) is 6.07 Å². The van der Waals surface area contributed by atoms with E-state index in [0.717, 1.165) is 12.1 Å². The molecule has 0 N–H and O–H groups in total. The molecule has 0 bridgehead atoms. The highest BCUT2D eigenvalue weighted by Crippen LogP contribution is 2.24. The Labute approximate surface area is 141 Å². The minimum Gasteiger partial charge on any atom is -0.483 e. The molecule has 3 aromatic rings. The lowest BCUT2D eigenvalue weighted by atomic mass is 10.0. The van der Waals surface area contributed by atoms with Crippen LogP contribution in [-0.2, 0) is 4.79 Å². The number of oxazole rings is 1. The van der Waals surface area contributed by atoms with E-state index in [1.54, 1.807) is 24.3 Å². The Morgan fingerprint density at radius 1 is 1.24 bits per heavy atom. The van der Waals surface area contributed by atoms with Crippen molar-refractivity contribution in [2.24, 2.45) is 0 Å². The van der Waals surface area contributed by atoms with Gasteiger partial charge in [-0.15, -0.1) is 0 Å². The number of hydrogen-bond acceptors (Lipinski definition) is 5. The second-order valence-electron chi connectivity index (χ2n) is 5.32. The van der Waals surface area contributed by atoms with Crippen LogP contribution < -0.4 is 4.74 Å². The normalized spacial score (nSPS) is 13.2. The van der Waals surface area contributed by atoms with Crippen LogP contribution in [0.1, 0.15) is 18.7 Å². The first-order valence-corrected chi connectivity index (χ1v) is 7.40. The Bertz CT molecular complexity index is 945. The number of aromatic nitrogens is 1. The number of nitrogens with zero attached hydrogens (tertiary/aromatic N) is 2. The average Bonchev–Trinajstić information content (AvgIpc) is 3.02. The van der Waals surface area contributed by atoms with Crippen molar-refractivity contribution in [2.45, 2.75) is 18.9 Å². The number of carbonyl (C=O) groups excluding carboxylic acids is 1. The van der Waals surface area contributed by atoms with E-state index in [1.165, 1.54) is 13.0 Å². The summed E-state index contributed by atoms with van der Waals surface area (Å²) in [5.74, 6) is -4.03. The highest BCUT2D eigenvalue weighted by atomic mass is 19.2. The summed E-state index contributed by atoms with van der Waals surface area (Å²) in [6.07, 6.45) is -1.08. The van der Waals surface area contributed by atoms with Crippen molar-refractivity contribution in [3.8, 4) is 11.8 Å². The fourth-order valence-electron chi connectivity index (χ4n) is 2.30. The van der Waals surface area contributed by atoms with Gasteiger partial charge in [0.25, 0.3) is 0 Å². The van der Waals surface area contributed by atoms with Crippen LogP contribution in [0.25, 0.3) is 11.1 Å². The summed E-state index contributed by atoms with van der Waals surface area (Å²) < 4.78 is 36.9. The summed E-state index contributed by atoms with van der Waals surface area (Å²) >= 11 is 0. The Morgan fingerprint density at radius 2 is 2.00 bits per heavy atom. The topological polar surface area (TPSA) is 76.1 Å². The van der Waals surface area contributed by atoms with Gasteiger partial charge in [0.1, 0.15) is 11.3 Å². The molecule has 5 nitrogen and oxygen atoms in total. The lowest BCUT2D eigenvalue weighted by molar-refractivity contribution is -0.125. The molecule has 2 atom stereocenters. The maximum Gasteiger partial charge on any atom is 0.220 e. The first-order chi connectivity index (χ1) is 12.0. The molecule has 0 saturated carbocycles. The number of carbonyl (C=O) groups is 1. The van der Waals surface area contributed by atoms with E-state index in [4.69, 9.17) is 9.15 Å². The quantitative estimate of drug-likeness (QED) is 0.706. The number of ether oxygens (including phenoxy) is 1. The van der Waals surface area contributed by atoms with Crippen LogP contribution >= 0.6 is 0 Å². The third-order valence-electron chi connectivity index (χ3n) is 3.58. The van der Waals surface area contributed by atoms with Crippen LogP contribution in [0.5, 0.6) is 5.75 Å². The summed E-state index contributed by atoms with van der Waals surface area (Å²) in [6.45, 7) is 1.41. The smallest absolute Gasteiger partial charge is 0.220 e. The second kappa shape index (κ2) is 6.69. The van der Waals surface area contributed by atoms with E-state index in [9.17, 15) is 18.8 Å². The number of ketones is 1. The number of nitriles is 1. The molecule has 0 amide bonds. The number of fused-ring (bicyclic) bond motifs is 1. The zero-order valence-corrected chi connectivity index (χ0v) is 13.1. The van der Waals surface area contributed by atoms with Gasteiger partial charge in [0.2, 0.25) is 5.89 Å². The van der Waals surface area contributed by atoms with Crippen molar-refractivity contribution in [2.75, 3.05) is 0 Å². The van der Waals surface area contributed by atoms with E-state index in [2.05, 4.69) is 4.98 Å². The molecule has 0 aliphatic heterocycles. The lowest BCUT2D eigenvalue weighted by Gasteiger charge is -2.15. The second-order valence-corrected chi connectivity index (χ2v) is 5.32. The number of hydrogen-bond donors (Lipinski definition) is 0. The molecule has 25 heavy (non-hydrogen) atoms. The first kappa shape index (κ1) is 16.6. The van der Waals surface area contributed by atoms with Gasteiger partial charge in [-0.2, -0.15) is 5.26 Å². The Hall–Kier alpha value is -3.27. The molecule has 0 fully saturated rings. The molecule has 7 heteroatoms. The number of Topliss-reactive ketones (excluding diaryl/α,β-unsaturated/α-hetero) is 1. The molecule has 3 rings (SSSR count). The average molecular weight is 342 g/mol. The van der Waals surface area contributed by atoms with Crippen molar-refractivity contribution < 1.29 is 22.7 Å². The van der Waals surface area contributed by atoms with Crippen molar-refractivity contribution in [3.05, 3.63) is 60.0 Å². The fourth-order valence-corrected chi connectivity index (χ4v) is 2.30. The Balaban J connectivity index is 1.81. The van der Waals surface area contributed by atoms with E-state index in [0.29, 0.717) is 11.1 Å². The van der Waals surface area contributed by atoms with Gasteiger partial charge in [0.05, 0.1) is 6.07 Å². The lowest BCUT2D eigenvalue weighted by Crippen LogP contribution is -2.29. The molecule has 1 aromatic heterocycles. The summed E-state index contributed by atoms with van der Waals surface area (Å²) in [5.41, 5.74) is 0.986. The van der Waals surface area contributed by atoms with Gasteiger partial charge < -0.3 is 9.15 Å². The summed E-state index contributed by atoms with van der Waals surface area (Å²) in [5, 5.41) is 9.33. The van der Waals surface area contributed by atoms with Gasteiger partial charge in [-0.25, -0.2) is 13.8 Å². The van der Waals surface area contributed by atoms with Gasteiger partial charge in [-0.3, -0.25) is 4.79 Å². The number of para-hydroxylation sites is 2. The van der Waals surface area contributed by atoms with Crippen molar-refractivity contribution in [1.82, 2.24) is 4.98 Å². The van der Waals surface area contributed by atoms with E-state index >= 15 is 0 Å². The van der Waals surface area contributed by atoms with Gasteiger partial charge in [-0.05, 0) is 31.2 Å². The van der Waals surface area contributed by atoms with E-state index in [-0.39, 0.29) is 11.6 Å². The van der Waals surface area contributed by atoms with Crippen molar-refractivity contribution >= 4 is 16.9 Å². The largest absolute Gasteiger partial charge is 0.483 e. The minimum atomic E-state index is -1.27. The summed E-state index contributed by atoms with van der Waals surface area (Å²) in [7, 11) is 0. The summed E-state index contributed by atoms with van der Waals surface area (Å²) in [4.78, 5) is 16.6. The third-order valence-corrected chi connectivity index (χ3v) is 3.58. The highest BCUT2D eigenvalue weighted by molar-refractivity contribution is 5.91. The number of halogens is 2. The first-order valence-electron chi connectivity index (χ1n) is 7.40. The number of rotatable bonds is 5. The van der Waals surface area contributed by atoms with Crippen LogP contribution in [0, 0.1) is 23.0 Å².